The Balaban J connectivity index is 2.23. The van der Waals surface area contributed by atoms with Crippen LogP contribution in [-0.4, -0.2) is 33.6 Å². The third-order valence-electron chi connectivity index (χ3n) is 4.13. The van der Waals surface area contributed by atoms with E-state index in [0.29, 0.717) is 5.75 Å². The van der Waals surface area contributed by atoms with Crippen LogP contribution in [0.15, 0.2) is 29.3 Å². The summed E-state index contributed by atoms with van der Waals surface area (Å²) in [6.45, 7) is 12.5. The lowest BCUT2D eigenvalue weighted by Crippen LogP contribution is -2.43. The van der Waals surface area contributed by atoms with Gasteiger partial charge in [-0.05, 0) is 64.3 Å². The van der Waals surface area contributed by atoms with E-state index in [1.807, 2.05) is 4.90 Å². The van der Waals surface area contributed by atoms with Crippen LogP contribution < -0.4 is 0 Å². The zero-order chi connectivity index (χ0) is 17.9. The molecular formula is C20H28N2OS. The second-order valence-corrected chi connectivity index (χ2v) is 7.74. The molecule has 1 amide bonds. The summed E-state index contributed by atoms with van der Waals surface area (Å²) >= 11 is 1.56. The number of hydrogen-bond donors (Lipinski definition) is 0. The molecule has 0 fully saturated rings. The van der Waals surface area contributed by atoms with Crippen molar-refractivity contribution in [1.82, 2.24) is 9.88 Å². The van der Waals surface area contributed by atoms with Gasteiger partial charge in [0.1, 0.15) is 5.03 Å². The molecule has 4 heteroatoms. The summed E-state index contributed by atoms with van der Waals surface area (Å²) < 4.78 is 0. The molecule has 24 heavy (non-hydrogen) atoms. The summed E-state index contributed by atoms with van der Waals surface area (Å²) in [6.07, 6.45) is 0.922. The Morgan fingerprint density at radius 3 is 2.42 bits per heavy atom. The van der Waals surface area contributed by atoms with Gasteiger partial charge < -0.3 is 4.90 Å². The smallest absolute Gasteiger partial charge is 0.233 e. The minimum absolute atomic E-state index is 0.179. The van der Waals surface area contributed by atoms with Crippen molar-refractivity contribution in [3.63, 3.8) is 0 Å². The van der Waals surface area contributed by atoms with E-state index in [9.17, 15) is 4.79 Å². The van der Waals surface area contributed by atoms with Crippen molar-refractivity contribution in [2.24, 2.45) is 0 Å². The molecule has 130 valence electrons. The molecule has 2 aromatic rings. The van der Waals surface area contributed by atoms with Crippen molar-refractivity contribution in [2.45, 2.75) is 65.1 Å². The molecule has 0 radical (unpaired) electrons. The summed E-state index contributed by atoms with van der Waals surface area (Å²) in [5, 5.41) is 2.15. The number of hydrogen-bond acceptors (Lipinski definition) is 3. The van der Waals surface area contributed by atoms with Crippen molar-refractivity contribution in [1.29, 1.82) is 0 Å². The molecule has 2 rings (SSSR count). The first-order valence-electron chi connectivity index (χ1n) is 8.67. The summed E-state index contributed by atoms with van der Waals surface area (Å²) in [6, 6.07) is 8.98. The van der Waals surface area contributed by atoms with Crippen molar-refractivity contribution >= 4 is 28.6 Å². The quantitative estimate of drug-likeness (QED) is 0.703. The third kappa shape index (κ3) is 4.29. The summed E-state index contributed by atoms with van der Waals surface area (Å²) in [4.78, 5) is 19.4. The molecule has 0 N–H and O–H groups in total. The van der Waals surface area contributed by atoms with Gasteiger partial charge in [-0.1, -0.05) is 30.8 Å². The van der Waals surface area contributed by atoms with Crippen molar-refractivity contribution in [3.05, 3.63) is 35.4 Å². The van der Waals surface area contributed by atoms with Crippen LogP contribution in [0.1, 0.15) is 45.7 Å². The van der Waals surface area contributed by atoms with Crippen LogP contribution >= 0.6 is 11.8 Å². The molecule has 0 bridgehead atoms. The van der Waals surface area contributed by atoms with Gasteiger partial charge in [0.15, 0.2) is 0 Å². The molecule has 0 saturated heterocycles. The maximum Gasteiger partial charge on any atom is 0.233 e. The van der Waals surface area contributed by atoms with Crippen LogP contribution in [0.25, 0.3) is 10.9 Å². The zero-order valence-corrected chi connectivity index (χ0v) is 16.4. The Kier molecular flexibility index (Phi) is 6.27. The van der Waals surface area contributed by atoms with Gasteiger partial charge in [0.05, 0.1) is 11.3 Å². The third-order valence-corrected chi connectivity index (χ3v) is 5.14. The van der Waals surface area contributed by atoms with Crippen molar-refractivity contribution in [2.75, 3.05) is 5.75 Å². The van der Waals surface area contributed by atoms with E-state index < -0.39 is 0 Å². The fraction of sp³-hybridized carbons (Fsp3) is 0.500. The zero-order valence-electron chi connectivity index (χ0n) is 15.6. The lowest BCUT2D eigenvalue weighted by atomic mass is 10.1. The van der Waals surface area contributed by atoms with Gasteiger partial charge in [-0.25, -0.2) is 4.98 Å². The SMILES string of the molecule is CCc1cc2ccc(C)cc2nc1SCC(=O)N(C(C)C)C(C)C. The van der Waals surface area contributed by atoms with E-state index in [2.05, 4.69) is 65.8 Å². The van der Waals surface area contributed by atoms with E-state index in [0.717, 1.165) is 17.0 Å². The molecule has 0 aliphatic rings. The van der Waals surface area contributed by atoms with E-state index >= 15 is 0 Å². The number of carbonyl (C=O) groups excluding carboxylic acids is 1. The number of amides is 1. The highest BCUT2D eigenvalue weighted by Crippen LogP contribution is 2.26. The molecule has 0 aliphatic heterocycles. The van der Waals surface area contributed by atoms with Crippen LogP contribution in [0.2, 0.25) is 0 Å². The molecule has 0 atom stereocenters. The number of aromatic nitrogens is 1. The maximum atomic E-state index is 12.6. The van der Waals surface area contributed by atoms with Crippen molar-refractivity contribution < 1.29 is 4.79 Å². The number of thioether (sulfide) groups is 1. The number of fused-ring (bicyclic) bond motifs is 1. The minimum Gasteiger partial charge on any atom is -0.337 e. The van der Waals surface area contributed by atoms with Gasteiger partial charge in [0.2, 0.25) is 5.91 Å². The summed E-state index contributed by atoms with van der Waals surface area (Å²) in [5.74, 6) is 0.617. The van der Waals surface area contributed by atoms with Crippen LogP contribution in [0.4, 0.5) is 0 Å². The molecule has 0 spiro atoms. The molecule has 3 nitrogen and oxygen atoms in total. The lowest BCUT2D eigenvalue weighted by Gasteiger charge is -2.30. The first-order chi connectivity index (χ1) is 11.3. The molecule has 0 aliphatic carbocycles. The number of carbonyl (C=O) groups is 1. The minimum atomic E-state index is 0.179. The standard InChI is InChI=1S/C20H28N2OS/c1-7-16-11-17-9-8-15(6)10-18(17)21-20(16)24-12-19(23)22(13(2)3)14(4)5/h8-11,13-14H,7,12H2,1-6H3. The number of nitrogens with zero attached hydrogens (tertiary/aromatic N) is 2. The topological polar surface area (TPSA) is 33.2 Å². The molecule has 1 aromatic heterocycles. The van der Waals surface area contributed by atoms with Gasteiger partial charge in [-0.15, -0.1) is 0 Å². The van der Waals surface area contributed by atoms with Crippen LogP contribution in [0, 0.1) is 6.92 Å². The average Bonchev–Trinajstić information content (AvgIpc) is 2.51. The fourth-order valence-electron chi connectivity index (χ4n) is 3.06. The predicted molar refractivity (Wildman–Crippen MR) is 104 cm³/mol. The van der Waals surface area contributed by atoms with E-state index in [1.165, 1.54) is 16.5 Å². The molecule has 0 unspecified atom stereocenters. The molecule has 1 aromatic carbocycles. The molecular weight excluding hydrogens is 316 g/mol. The predicted octanol–water partition coefficient (Wildman–Crippen LogP) is 4.84. The molecule has 1 heterocycles. The van der Waals surface area contributed by atoms with E-state index in [-0.39, 0.29) is 18.0 Å². The highest BCUT2D eigenvalue weighted by Gasteiger charge is 2.20. The van der Waals surface area contributed by atoms with Gasteiger partial charge in [-0.3, -0.25) is 4.79 Å². The largest absolute Gasteiger partial charge is 0.337 e. The Labute approximate surface area is 149 Å². The normalized spacial score (nSPS) is 11.5. The monoisotopic (exact) mass is 344 g/mol. The Hall–Kier alpha value is -1.55. The number of rotatable bonds is 6. The van der Waals surface area contributed by atoms with Gasteiger partial charge in [0.25, 0.3) is 0 Å². The highest BCUT2D eigenvalue weighted by molar-refractivity contribution is 7.99. The second kappa shape index (κ2) is 8.02. The maximum absolute atomic E-state index is 12.6. The van der Waals surface area contributed by atoms with Gasteiger partial charge in [0, 0.05) is 17.5 Å². The number of aryl methyl sites for hydroxylation is 2. The first-order valence-corrected chi connectivity index (χ1v) is 9.66. The number of pyridine rings is 1. The fourth-order valence-corrected chi connectivity index (χ4v) is 4.02. The van der Waals surface area contributed by atoms with Crippen LogP contribution in [0.3, 0.4) is 0 Å². The van der Waals surface area contributed by atoms with Gasteiger partial charge >= 0.3 is 0 Å². The van der Waals surface area contributed by atoms with E-state index in [1.54, 1.807) is 11.8 Å². The summed E-state index contributed by atoms with van der Waals surface area (Å²) in [7, 11) is 0. The first kappa shape index (κ1) is 18.8. The van der Waals surface area contributed by atoms with Gasteiger partial charge in [-0.2, -0.15) is 0 Å². The molecule has 0 saturated carbocycles. The van der Waals surface area contributed by atoms with E-state index in [4.69, 9.17) is 4.98 Å². The Morgan fingerprint density at radius 1 is 1.17 bits per heavy atom. The van der Waals surface area contributed by atoms with Crippen molar-refractivity contribution in [3.8, 4) is 0 Å². The Bertz CT molecular complexity index is 717. The average molecular weight is 345 g/mol. The lowest BCUT2D eigenvalue weighted by molar-refractivity contribution is -0.131. The highest BCUT2D eigenvalue weighted by atomic mass is 32.2. The van der Waals surface area contributed by atoms with Crippen LogP contribution in [0.5, 0.6) is 0 Å². The van der Waals surface area contributed by atoms with Crippen LogP contribution in [-0.2, 0) is 11.2 Å². The Morgan fingerprint density at radius 2 is 1.83 bits per heavy atom. The summed E-state index contributed by atoms with van der Waals surface area (Å²) in [5.41, 5.74) is 3.42. The number of benzene rings is 1. The second-order valence-electron chi connectivity index (χ2n) is 6.78.